The predicted molar refractivity (Wildman–Crippen MR) is 155 cm³/mol. The van der Waals surface area contributed by atoms with E-state index in [9.17, 15) is 14.9 Å². The number of aromatic nitrogens is 1. The van der Waals surface area contributed by atoms with Crippen LogP contribution in [-0.2, 0) is 17.8 Å². The van der Waals surface area contributed by atoms with Gasteiger partial charge in [-0.2, -0.15) is 5.26 Å². The van der Waals surface area contributed by atoms with Gasteiger partial charge in [-0.3, -0.25) is 19.1 Å². The number of anilines is 1. The molecule has 8 nitrogen and oxygen atoms in total. The van der Waals surface area contributed by atoms with Crippen molar-refractivity contribution in [1.29, 1.82) is 5.26 Å². The fourth-order valence-electron chi connectivity index (χ4n) is 4.95. The van der Waals surface area contributed by atoms with Crippen molar-refractivity contribution in [1.82, 2.24) is 9.47 Å². The number of nitriles is 1. The molecule has 0 bridgehead atoms. The van der Waals surface area contributed by atoms with Crippen molar-refractivity contribution in [3.8, 4) is 17.6 Å². The number of hydrogen-bond acceptors (Lipinski definition) is 8. The Kier molecular flexibility index (Phi) is 8.80. The number of rotatable bonds is 9. The molecule has 0 unspecified atom stereocenters. The minimum atomic E-state index is -0.270. The topological polar surface area (TPSA) is 87.8 Å². The van der Waals surface area contributed by atoms with E-state index in [2.05, 4.69) is 11.0 Å². The van der Waals surface area contributed by atoms with Crippen LogP contribution in [0, 0.1) is 18.3 Å². The van der Waals surface area contributed by atoms with E-state index < -0.39 is 0 Å². The Morgan fingerprint density at radius 2 is 1.84 bits per heavy atom. The van der Waals surface area contributed by atoms with Crippen LogP contribution in [0.3, 0.4) is 0 Å². The quantitative estimate of drug-likeness (QED) is 0.332. The normalized spacial score (nSPS) is 16.4. The Morgan fingerprint density at radius 3 is 2.47 bits per heavy atom. The van der Waals surface area contributed by atoms with Crippen LogP contribution in [0.1, 0.15) is 48.4 Å². The van der Waals surface area contributed by atoms with Crippen LogP contribution < -0.4 is 19.9 Å². The Hall–Kier alpha value is -3.29. The molecule has 0 N–H and O–H groups in total. The van der Waals surface area contributed by atoms with E-state index in [0.717, 1.165) is 49.3 Å². The van der Waals surface area contributed by atoms with Gasteiger partial charge in [-0.25, -0.2) is 0 Å². The Bertz CT molecular complexity index is 1390. The molecule has 38 heavy (non-hydrogen) atoms. The number of nitrogens with zero attached hydrogens (tertiary/aromatic N) is 4. The lowest BCUT2D eigenvalue weighted by atomic mass is 10.0. The minimum absolute atomic E-state index is 0.122. The van der Waals surface area contributed by atoms with Gasteiger partial charge in [-0.15, -0.1) is 0 Å². The molecule has 4 rings (SSSR count). The summed E-state index contributed by atoms with van der Waals surface area (Å²) in [5.41, 5.74) is 2.20. The van der Waals surface area contributed by atoms with Crippen LogP contribution in [0.15, 0.2) is 27.9 Å². The van der Waals surface area contributed by atoms with Gasteiger partial charge in [-0.05, 0) is 61.9 Å². The molecule has 1 aromatic heterocycles. The molecule has 2 aliphatic heterocycles. The zero-order chi connectivity index (χ0) is 27.4. The van der Waals surface area contributed by atoms with Crippen molar-refractivity contribution in [2.24, 2.45) is 0 Å². The van der Waals surface area contributed by atoms with Gasteiger partial charge in [0.25, 0.3) is 11.5 Å². The molecule has 2 saturated heterocycles. The standard InChI is InChI=1S/C28H32N4O4S2/c1-5-11-31-25(30-12-6-7-13-30)20(18(2)21(17-29)26(31)33)16-24-27(34)32(28(37)38-24)14-10-19-8-9-22(35-3)23(15-19)36-4/h8-9,15-16H,5-7,10-14H2,1-4H3/b24-16-. The number of thiocarbonyl (C=S) groups is 1. The second kappa shape index (κ2) is 12.0. The number of pyridine rings is 1. The number of amides is 1. The van der Waals surface area contributed by atoms with Crippen LogP contribution in [0.5, 0.6) is 11.5 Å². The Labute approximate surface area is 232 Å². The van der Waals surface area contributed by atoms with E-state index >= 15 is 0 Å². The second-order valence-electron chi connectivity index (χ2n) is 9.27. The first-order valence-electron chi connectivity index (χ1n) is 12.7. The maximum absolute atomic E-state index is 13.5. The van der Waals surface area contributed by atoms with E-state index in [4.69, 9.17) is 21.7 Å². The second-order valence-corrected chi connectivity index (χ2v) is 10.9. The van der Waals surface area contributed by atoms with Gasteiger partial charge in [0.1, 0.15) is 21.8 Å². The van der Waals surface area contributed by atoms with E-state index in [-0.39, 0.29) is 17.0 Å². The lowest BCUT2D eigenvalue weighted by Gasteiger charge is -2.26. The maximum Gasteiger partial charge on any atom is 0.270 e. The average Bonchev–Trinajstić information content (AvgIpc) is 3.54. The summed E-state index contributed by atoms with van der Waals surface area (Å²) >= 11 is 6.85. The fourth-order valence-corrected chi connectivity index (χ4v) is 6.24. The van der Waals surface area contributed by atoms with Crippen LogP contribution in [0.25, 0.3) is 6.08 Å². The summed E-state index contributed by atoms with van der Waals surface area (Å²) in [6.07, 6.45) is 5.25. The van der Waals surface area contributed by atoms with Crippen LogP contribution in [0.4, 0.5) is 5.82 Å². The largest absolute Gasteiger partial charge is 0.493 e. The first-order chi connectivity index (χ1) is 18.3. The van der Waals surface area contributed by atoms with Gasteiger partial charge in [0.2, 0.25) is 0 Å². The lowest BCUT2D eigenvalue weighted by Crippen LogP contribution is -2.33. The highest BCUT2D eigenvalue weighted by Gasteiger charge is 2.33. The summed E-state index contributed by atoms with van der Waals surface area (Å²) in [6.45, 7) is 6.40. The number of carbonyl (C=O) groups excluding carboxylic acids is 1. The molecule has 2 aliphatic rings. The van der Waals surface area contributed by atoms with Crippen molar-refractivity contribution >= 4 is 46.1 Å². The number of methoxy groups -OCH3 is 2. The highest BCUT2D eigenvalue weighted by atomic mass is 32.2. The number of hydrogen-bond donors (Lipinski definition) is 0. The van der Waals surface area contributed by atoms with Gasteiger partial charge in [0, 0.05) is 31.7 Å². The lowest BCUT2D eigenvalue weighted by molar-refractivity contribution is -0.122. The van der Waals surface area contributed by atoms with Gasteiger partial charge in [-0.1, -0.05) is 37.0 Å². The minimum Gasteiger partial charge on any atom is -0.493 e. The molecule has 1 aromatic carbocycles. The summed E-state index contributed by atoms with van der Waals surface area (Å²) in [5.74, 6) is 1.91. The highest BCUT2D eigenvalue weighted by Crippen LogP contribution is 2.37. The van der Waals surface area contributed by atoms with Crippen molar-refractivity contribution in [3.05, 3.63) is 55.7 Å². The van der Waals surface area contributed by atoms with Crippen LogP contribution in [0.2, 0.25) is 0 Å². The molecule has 3 heterocycles. The summed E-state index contributed by atoms with van der Waals surface area (Å²) < 4.78 is 12.9. The molecule has 200 valence electrons. The fraction of sp³-hybridized carbons (Fsp3) is 0.429. The van der Waals surface area contributed by atoms with E-state index in [1.807, 2.05) is 31.2 Å². The molecule has 1 amide bonds. The molecule has 0 radical (unpaired) electrons. The third-order valence-corrected chi connectivity index (χ3v) is 8.30. The number of thioether (sulfide) groups is 1. The van der Waals surface area contributed by atoms with E-state index in [1.54, 1.807) is 30.6 Å². The predicted octanol–water partition coefficient (Wildman–Crippen LogP) is 4.50. The Balaban J connectivity index is 1.68. The molecule has 2 aromatic rings. The summed E-state index contributed by atoms with van der Waals surface area (Å²) in [4.78, 5) is 31.0. The molecular weight excluding hydrogens is 520 g/mol. The number of benzene rings is 1. The molecule has 2 fully saturated rings. The zero-order valence-electron chi connectivity index (χ0n) is 22.2. The molecular formula is C28H32N4O4S2. The van der Waals surface area contributed by atoms with E-state index in [1.165, 1.54) is 11.8 Å². The summed E-state index contributed by atoms with van der Waals surface area (Å²) in [7, 11) is 3.18. The van der Waals surface area contributed by atoms with Gasteiger partial charge in [0.15, 0.2) is 11.5 Å². The highest BCUT2D eigenvalue weighted by molar-refractivity contribution is 8.26. The molecule has 0 spiro atoms. The zero-order valence-corrected chi connectivity index (χ0v) is 23.8. The first kappa shape index (κ1) is 27.7. The number of ether oxygens (including phenoxy) is 2. The third-order valence-electron chi connectivity index (χ3n) is 6.92. The third kappa shape index (κ3) is 5.31. The Morgan fingerprint density at radius 1 is 1.13 bits per heavy atom. The van der Waals surface area contributed by atoms with Crippen LogP contribution in [-0.4, -0.2) is 53.5 Å². The van der Waals surface area contributed by atoms with Gasteiger partial charge < -0.3 is 14.4 Å². The van der Waals surface area contributed by atoms with Crippen LogP contribution >= 0.6 is 24.0 Å². The van der Waals surface area contributed by atoms with Gasteiger partial charge in [0.05, 0.1) is 19.1 Å². The van der Waals surface area contributed by atoms with E-state index in [0.29, 0.717) is 45.8 Å². The average molecular weight is 553 g/mol. The van der Waals surface area contributed by atoms with Crippen molar-refractivity contribution in [3.63, 3.8) is 0 Å². The number of carbonyl (C=O) groups is 1. The summed E-state index contributed by atoms with van der Waals surface area (Å²) in [5, 5.41) is 9.80. The molecule has 0 atom stereocenters. The molecule has 0 aliphatic carbocycles. The smallest absolute Gasteiger partial charge is 0.270 e. The summed E-state index contributed by atoms with van der Waals surface area (Å²) in [6, 6.07) is 7.79. The maximum atomic E-state index is 13.5. The van der Waals surface area contributed by atoms with Crippen molar-refractivity contribution in [2.45, 2.75) is 46.1 Å². The molecule has 10 heteroatoms. The molecule has 0 saturated carbocycles. The first-order valence-corrected chi connectivity index (χ1v) is 14.0. The monoisotopic (exact) mass is 552 g/mol. The van der Waals surface area contributed by atoms with Gasteiger partial charge >= 0.3 is 0 Å². The SMILES string of the molecule is CCCn1c(N2CCCC2)c(/C=C2\SC(=S)N(CCc3ccc(OC)c(OC)c3)C2=O)c(C)c(C#N)c1=O. The van der Waals surface area contributed by atoms with Crippen molar-refractivity contribution in [2.75, 3.05) is 38.8 Å². The van der Waals surface area contributed by atoms with Crippen molar-refractivity contribution < 1.29 is 14.3 Å².